The van der Waals surface area contributed by atoms with Crippen LogP contribution >= 0.6 is 0 Å². The highest BCUT2D eigenvalue weighted by molar-refractivity contribution is 7.98. The molecule has 0 radical (unpaired) electrons. The van der Waals surface area contributed by atoms with Crippen LogP contribution in [0.5, 0.6) is 0 Å². The average Bonchev–Trinajstić information content (AvgIpc) is 3.04. The highest BCUT2D eigenvalue weighted by Gasteiger charge is 2.43. The maximum atomic E-state index is 12.6. The van der Waals surface area contributed by atoms with Crippen LogP contribution in [-0.4, -0.2) is 31.1 Å². The van der Waals surface area contributed by atoms with E-state index in [0.717, 1.165) is 22.4 Å². The molecule has 1 aliphatic heterocycles. The quantitative estimate of drug-likeness (QED) is 0.782. The van der Waals surface area contributed by atoms with Gasteiger partial charge in [0.25, 0.3) is 5.91 Å². The van der Waals surface area contributed by atoms with Crippen LogP contribution in [0.4, 0.5) is 0 Å². The van der Waals surface area contributed by atoms with Crippen molar-refractivity contribution in [2.75, 3.05) is 6.54 Å². The molecule has 3 rings (SSSR count). The van der Waals surface area contributed by atoms with Gasteiger partial charge in [-0.2, -0.15) is 5.10 Å². The third-order valence-corrected chi connectivity index (χ3v) is 6.06. The SMILES string of the molecule is C=C[S+](=O)([O-])N(Cc1cc(C)nn1C)CC1(C)NC(=O)c2ccccc21. The Hall–Kier alpha value is -2.29. The summed E-state index contributed by atoms with van der Waals surface area (Å²) in [6.45, 7) is 7.35. The van der Waals surface area contributed by atoms with Crippen molar-refractivity contribution < 1.29 is 13.6 Å². The van der Waals surface area contributed by atoms with E-state index in [2.05, 4.69) is 17.0 Å². The number of fused-ring (bicyclic) bond motifs is 1. The summed E-state index contributed by atoms with van der Waals surface area (Å²) in [6.07, 6.45) is 0. The smallest absolute Gasteiger partial charge is 0.252 e. The van der Waals surface area contributed by atoms with Gasteiger partial charge in [0.1, 0.15) is 5.41 Å². The van der Waals surface area contributed by atoms with E-state index in [1.807, 2.05) is 32.0 Å². The molecule has 0 saturated heterocycles. The molecule has 7 nitrogen and oxygen atoms in total. The van der Waals surface area contributed by atoms with Crippen LogP contribution in [0.25, 0.3) is 0 Å². The molecule has 0 bridgehead atoms. The van der Waals surface area contributed by atoms with Crippen molar-refractivity contribution >= 4 is 16.3 Å². The topological polar surface area (TPSA) is 90.3 Å². The highest BCUT2D eigenvalue weighted by Crippen LogP contribution is 2.33. The van der Waals surface area contributed by atoms with Crippen molar-refractivity contribution in [1.29, 1.82) is 0 Å². The minimum Gasteiger partial charge on any atom is -0.593 e. The molecule has 26 heavy (non-hydrogen) atoms. The number of amides is 1. The summed E-state index contributed by atoms with van der Waals surface area (Å²) in [5.41, 5.74) is 2.10. The van der Waals surface area contributed by atoms with Gasteiger partial charge in [-0.25, -0.2) is 0 Å². The van der Waals surface area contributed by atoms with Crippen LogP contribution < -0.4 is 5.32 Å². The van der Waals surface area contributed by atoms with Gasteiger partial charge < -0.3 is 9.87 Å². The van der Waals surface area contributed by atoms with Crippen LogP contribution in [0.2, 0.25) is 0 Å². The third kappa shape index (κ3) is 3.23. The second-order valence-corrected chi connectivity index (χ2v) is 8.59. The molecule has 1 aliphatic rings. The molecule has 2 unspecified atom stereocenters. The van der Waals surface area contributed by atoms with Gasteiger partial charge >= 0.3 is 0 Å². The lowest BCUT2D eigenvalue weighted by Crippen LogP contribution is -2.49. The molecule has 1 aromatic carbocycles. The van der Waals surface area contributed by atoms with Crippen molar-refractivity contribution in [3.05, 3.63) is 64.8 Å². The summed E-state index contributed by atoms with van der Waals surface area (Å²) in [4.78, 5) is 12.3. The Morgan fingerprint density at radius 1 is 1.46 bits per heavy atom. The lowest BCUT2D eigenvalue weighted by molar-refractivity contribution is 0.0924. The molecule has 138 valence electrons. The molecular weight excluding hydrogens is 352 g/mol. The van der Waals surface area contributed by atoms with Gasteiger partial charge in [0.2, 0.25) is 0 Å². The number of nitrogens with one attached hydrogen (secondary N) is 1. The molecule has 1 aromatic heterocycles. The molecule has 8 heteroatoms. The van der Waals surface area contributed by atoms with Crippen molar-refractivity contribution in [1.82, 2.24) is 19.4 Å². The van der Waals surface area contributed by atoms with Gasteiger partial charge in [0.15, 0.2) is 10.4 Å². The monoisotopic (exact) mass is 374 g/mol. The molecule has 0 fully saturated rings. The minimum atomic E-state index is -3.71. The summed E-state index contributed by atoms with van der Waals surface area (Å²) in [7, 11) is -1.93. The van der Waals surface area contributed by atoms with Gasteiger partial charge in [0.05, 0.1) is 30.0 Å². The Morgan fingerprint density at radius 2 is 2.15 bits per heavy atom. The standard InChI is InChI=1S/C18H22N4O3S/c1-5-26(24,25)22(11-14-10-13(2)20-21(14)4)12-18(3)16-9-7-6-8-15(16)17(23)19-18/h5-10H,1,11-12H2,2-4H3,(H-,19,23,24,25). The van der Waals surface area contributed by atoms with Gasteiger partial charge in [-0.15, -0.1) is 4.31 Å². The average molecular weight is 374 g/mol. The number of sulfonamides is 1. The summed E-state index contributed by atoms with van der Waals surface area (Å²) in [5.74, 6) is -0.199. The normalized spacial score (nSPS) is 21.3. The van der Waals surface area contributed by atoms with E-state index in [0.29, 0.717) is 5.56 Å². The number of aryl methyl sites for hydroxylation is 2. The summed E-state index contributed by atoms with van der Waals surface area (Å²) >= 11 is 0. The first-order chi connectivity index (χ1) is 12.2. The number of benzene rings is 1. The van der Waals surface area contributed by atoms with E-state index in [4.69, 9.17) is 0 Å². The number of rotatable bonds is 6. The summed E-state index contributed by atoms with van der Waals surface area (Å²) in [5, 5.41) is 8.13. The van der Waals surface area contributed by atoms with E-state index in [9.17, 15) is 13.6 Å². The van der Waals surface area contributed by atoms with Crippen LogP contribution in [0.3, 0.4) is 0 Å². The number of hydrogen-bond acceptors (Lipinski definition) is 4. The molecule has 0 saturated carbocycles. The van der Waals surface area contributed by atoms with E-state index < -0.39 is 15.9 Å². The van der Waals surface area contributed by atoms with Crippen LogP contribution in [0, 0.1) is 6.92 Å². The molecule has 2 heterocycles. The minimum absolute atomic E-state index is 0.0916. The van der Waals surface area contributed by atoms with Gasteiger partial charge in [-0.1, -0.05) is 22.4 Å². The molecule has 2 atom stereocenters. The predicted octanol–water partition coefficient (Wildman–Crippen LogP) is 1.88. The summed E-state index contributed by atoms with van der Waals surface area (Å²) < 4.78 is 28.2. The Labute approximate surface area is 154 Å². The molecule has 2 aromatic rings. The van der Waals surface area contributed by atoms with Gasteiger partial charge in [0, 0.05) is 12.6 Å². The first-order valence-corrected chi connectivity index (χ1v) is 9.71. The number of aromatic nitrogens is 2. The van der Waals surface area contributed by atoms with Crippen molar-refractivity contribution in [2.45, 2.75) is 25.9 Å². The maximum absolute atomic E-state index is 12.6. The zero-order chi connectivity index (χ0) is 19.1. The van der Waals surface area contributed by atoms with Gasteiger partial charge in [-0.3, -0.25) is 9.48 Å². The molecule has 0 aliphatic carbocycles. The zero-order valence-electron chi connectivity index (χ0n) is 15.1. The van der Waals surface area contributed by atoms with Crippen LogP contribution in [0.15, 0.2) is 42.3 Å². The Bertz CT molecular complexity index is 923. The predicted molar refractivity (Wildman–Crippen MR) is 98.6 cm³/mol. The van der Waals surface area contributed by atoms with Gasteiger partial charge in [-0.05, 0) is 38.1 Å². The van der Waals surface area contributed by atoms with Crippen molar-refractivity contribution in [3.63, 3.8) is 0 Å². The largest absolute Gasteiger partial charge is 0.593 e. The molecule has 1 amide bonds. The lowest BCUT2D eigenvalue weighted by Gasteiger charge is -2.33. The number of hydrogen-bond donors (Lipinski definition) is 1. The fourth-order valence-corrected chi connectivity index (χ4v) is 4.32. The number of carbonyl (C=O) groups excluding carboxylic acids is 1. The third-order valence-electron chi connectivity index (χ3n) is 4.66. The Kier molecular flexibility index (Phi) is 4.60. The van der Waals surface area contributed by atoms with Crippen molar-refractivity contribution in [3.8, 4) is 0 Å². The molecule has 1 N–H and O–H groups in total. The first-order valence-electron chi connectivity index (χ1n) is 8.20. The Morgan fingerprint density at radius 3 is 2.77 bits per heavy atom. The lowest BCUT2D eigenvalue weighted by atomic mass is 9.92. The fraction of sp³-hybridized carbons (Fsp3) is 0.333. The molecular formula is C18H22N4O3S. The van der Waals surface area contributed by atoms with E-state index in [1.165, 1.54) is 4.31 Å². The van der Waals surface area contributed by atoms with Crippen LogP contribution in [0.1, 0.15) is 34.2 Å². The highest BCUT2D eigenvalue weighted by atomic mass is 32.3. The number of nitrogens with zero attached hydrogens (tertiary/aromatic N) is 3. The summed E-state index contributed by atoms with van der Waals surface area (Å²) in [6, 6.07) is 9.07. The van der Waals surface area contributed by atoms with Crippen molar-refractivity contribution in [2.24, 2.45) is 7.05 Å². The molecule has 0 spiro atoms. The maximum Gasteiger partial charge on any atom is 0.252 e. The fourth-order valence-electron chi connectivity index (χ4n) is 3.36. The van der Waals surface area contributed by atoms with E-state index >= 15 is 0 Å². The van der Waals surface area contributed by atoms with Crippen LogP contribution in [-0.2, 0) is 33.7 Å². The Balaban J connectivity index is 1.97. The second-order valence-electron chi connectivity index (χ2n) is 6.71. The second kappa shape index (κ2) is 6.46. The zero-order valence-corrected chi connectivity index (χ0v) is 15.9. The van der Waals surface area contributed by atoms with E-state index in [-0.39, 0.29) is 19.0 Å². The number of carbonyl (C=O) groups is 1. The first kappa shape index (κ1) is 18.5. The van der Waals surface area contributed by atoms with E-state index in [1.54, 1.807) is 23.9 Å².